The number of piperidine rings is 1. The van der Waals surface area contributed by atoms with E-state index in [0.29, 0.717) is 30.3 Å². The molecule has 0 aliphatic carbocycles. The van der Waals surface area contributed by atoms with Crippen molar-refractivity contribution < 1.29 is 18.0 Å². The van der Waals surface area contributed by atoms with Gasteiger partial charge in [-0.3, -0.25) is 9.89 Å². The maximum absolute atomic E-state index is 12.9. The molecule has 0 radical (unpaired) electrons. The average molecular weight is 385 g/mol. The van der Waals surface area contributed by atoms with Gasteiger partial charge in [0, 0.05) is 55.2 Å². The van der Waals surface area contributed by atoms with Crippen molar-refractivity contribution in [3.05, 3.63) is 33.0 Å². The molecule has 4 rings (SSSR count). The number of thiazole rings is 1. The molecule has 0 aromatic carbocycles. The number of hydrogen-bond donors (Lipinski definition) is 2. The Kier molecular flexibility index (Phi) is 4.47. The van der Waals surface area contributed by atoms with E-state index in [1.54, 1.807) is 4.90 Å². The summed E-state index contributed by atoms with van der Waals surface area (Å²) in [5, 5.41) is 11.8. The summed E-state index contributed by atoms with van der Waals surface area (Å²) in [6.45, 7) is 2.41. The van der Waals surface area contributed by atoms with Gasteiger partial charge in [-0.2, -0.15) is 18.3 Å². The molecular weight excluding hydrogens is 367 g/mol. The fourth-order valence-electron chi connectivity index (χ4n) is 3.52. The standard InChI is InChI=1S/C16H18F3N5OS/c17-16(18,19)12-8-26-14(21-12)9-2-1-5-24(7-9)15(25)13-10-6-20-4-3-11(10)22-23-13/h8-9,20H,1-7H2,(H,22,23). The van der Waals surface area contributed by atoms with Crippen molar-refractivity contribution in [1.82, 2.24) is 25.4 Å². The van der Waals surface area contributed by atoms with Crippen LogP contribution in [0.5, 0.6) is 0 Å². The van der Waals surface area contributed by atoms with Crippen LogP contribution in [0.25, 0.3) is 0 Å². The van der Waals surface area contributed by atoms with E-state index in [4.69, 9.17) is 0 Å². The zero-order chi connectivity index (χ0) is 18.3. The highest BCUT2D eigenvalue weighted by Crippen LogP contribution is 2.35. The van der Waals surface area contributed by atoms with Gasteiger partial charge in [0.1, 0.15) is 0 Å². The van der Waals surface area contributed by atoms with Crippen molar-refractivity contribution >= 4 is 17.2 Å². The summed E-state index contributed by atoms with van der Waals surface area (Å²) in [5.41, 5.74) is 1.45. The van der Waals surface area contributed by atoms with Crippen molar-refractivity contribution in [3.63, 3.8) is 0 Å². The summed E-state index contributed by atoms with van der Waals surface area (Å²) < 4.78 is 38.3. The van der Waals surface area contributed by atoms with E-state index < -0.39 is 11.9 Å². The lowest BCUT2D eigenvalue weighted by molar-refractivity contribution is -0.140. The van der Waals surface area contributed by atoms with Crippen LogP contribution in [0, 0.1) is 0 Å². The summed E-state index contributed by atoms with van der Waals surface area (Å²) in [7, 11) is 0. The summed E-state index contributed by atoms with van der Waals surface area (Å²) in [5.74, 6) is -0.329. The monoisotopic (exact) mass is 385 g/mol. The minimum atomic E-state index is -4.43. The zero-order valence-electron chi connectivity index (χ0n) is 13.9. The van der Waals surface area contributed by atoms with E-state index in [-0.39, 0.29) is 11.8 Å². The number of carbonyl (C=O) groups is 1. The first-order valence-electron chi connectivity index (χ1n) is 8.52. The van der Waals surface area contributed by atoms with E-state index in [0.717, 1.165) is 53.8 Å². The number of rotatable bonds is 2. The molecule has 140 valence electrons. The number of nitrogens with zero attached hydrogens (tertiary/aromatic N) is 3. The van der Waals surface area contributed by atoms with Gasteiger partial charge in [-0.05, 0) is 12.8 Å². The van der Waals surface area contributed by atoms with E-state index in [1.165, 1.54) is 0 Å². The minimum Gasteiger partial charge on any atom is -0.337 e. The second-order valence-electron chi connectivity index (χ2n) is 6.62. The molecule has 6 nitrogen and oxygen atoms in total. The summed E-state index contributed by atoms with van der Waals surface area (Å²) in [6.07, 6.45) is -2.16. The first kappa shape index (κ1) is 17.5. The maximum atomic E-state index is 12.9. The highest BCUT2D eigenvalue weighted by Gasteiger charge is 2.36. The average Bonchev–Trinajstić information content (AvgIpc) is 3.28. The Balaban J connectivity index is 1.51. The molecule has 0 saturated carbocycles. The molecule has 1 atom stereocenters. The number of likely N-dealkylation sites (tertiary alicyclic amines) is 1. The van der Waals surface area contributed by atoms with Crippen molar-refractivity contribution in [3.8, 4) is 0 Å². The fraction of sp³-hybridized carbons (Fsp3) is 0.562. The molecule has 2 N–H and O–H groups in total. The van der Waals surface area contributed by atoms with Crippen LogP contribution >= 0.6 is 11.3 Å². The number of alkyl halides is 3. The Morgan fingerprint density at radius 3 is 3.00 bits per heavy atom. The Labute approximate surface area is 151 Å². The van der Waals surface area contributed by atoms with Gasteiger partial charge in [0.05, 0.1) is 5.01 Å². The van der Waals surface area contributed by atoms with Crippen molar-refractivity contribution in [1.29, 1.82) is 0 Å². The summed E-state index contributed by atoms with van der Waals surface area (Å²) >= 11 is 1.02. The summed E-state index contributed by atoms with van der Waals surface area (Å²) in [4.78, 5) is 18.3. The Morgan fingerprint density at radius 1 is 1.38 bits per heavy atom. The lowest BCUT2D eigenvalue weighted by atomic mass is 9.98. The van der Waals surface area contributed by atoms with E-state index >= 15 is 0 Å². The quantitative estimate of drug-likeness (QED) is 0.833. The number of aromatic amines is 1. The Morgan fingerprint density at radius 2 is 2.23 bits per heavy atom. The number of halogens is 3. The van der Waals surface area contributed by atoms with Crippen molar-refractivity contribution in [2.24, 2.45) is 0 Å². The molecule has 10 heteroatoms. The molecule has 26 heavy (non-hydrogen) atoms. The third kappa shape index (κ3) is 3.23. The van der Waals surface area contributed by atoms with E-state index in [2.05, 4.69) is 20.5 Å². The second-order valence-corrected chi connectivity index (χ2v) is 7.50. The fourth-order valence-corrected chi connectivity index (χ4v) is 4.48. The number of fused-ring (bicyclic) bond motifs is 1. The van der Waals surface area contributed by atoms with Crippen LogP contribution in [-0.2, 0) is 19.1 Å². The van der Waals surface area contributed by atoms with Crippen LogP contribution < -0.4 is 5.32 Å². The van der Waals surface area contributed by atoms with Gasteiger partial charge in [0.25, 0.3) is 5.91 Å². The molecule has 0 spiro atoms. The number of nitrogens with one attached hydrogen (secondary N) is 2. The lowest BCUT2D eigenvalue weighted by Crippen LogP contribution is -2.40. The van der Waals surface area contributed by atoms with Crippen molar-refractivity contribution in [2.45, 2.75) is 37.9 Å². The van der Waals surface area contributed by atoms with Gasteiger partial charge < -0.3 is 10.2 Å². The van der Waals surface area contributed by atoms with Crippen LogP contribution in [0.1, 0.15) is 51.2 Å². The SMILES string of the molecule is O=C(c1n[nH]c2c1CNCC2)N1CCCC(c2nc(C(F)(F)F)cs2)C1. The maximum Gasteiger partial charge on any atom is 0.434 e. The molecule has 2 aromatic heterocycles. The van der Waals surface area contributed by atoms with Crippen LogP contribution in [0.15, 0.2) is 5.38 Å². The Hall–Kier alpha value is -1.94. The highest BCUT2D eigenvalue weighted by atomic mass is 32.1. The molecule has 2 aliphatic rings. The number of H-pyrrole nitrogens is 1. The Bertz CT molecular complexity index is 815. The number of amides is 1. The van der Waals surface area contributed by atoms with Gasteiger partial charge in [-0.25, -0.2) is 4.98 Å². The predicted molar refractivity (Wildman–Crippen MR) is 89.0 cm³/mol. The predicted octanol–water partition coefficient (Wildman–Crippen LogP) is 2.55. The number of carbonyl (C=O) groups excluding carboxylic acids is 1. The van der Waals surface area contributed by atoms with Gasteiger partial charge >= 0.3 is 6.18 Å². The number of hydrogen-bond acceptors (Lipinski definition) is 5. The highest BCUT2D eigenvalue weighted by molar-refractivity contribution is 7.09. The topological polar surface area (TPSA) is 73.9 Å². The molecule has 4 heterocycles. The molecule has 1 saturated heterocycles. The normalized spacial score (nSPS) is 20.9. The van der Waals surface area contributed by atoms with Crippen LogP contribution in [-0.4, -0.2) is 45.6 Å². The van der Waals surface area contributed by atoms with Gasteiger partial charge in [-0.1, -0.05) is 0 Å². The summed E-state index contributed by atoms with van der Waals surface area (Å²) in [6, 6.07) is 0. The molecule has 0 bridgehead atoms. The third-order valence-electron chi connectivity index (χ3n) is 4.88. The molecule has 1 amide bonds. The van der Waals surface area contributed by atoms with Gasteiger partial charge in [-0.15, -0.1) is 11.3 Å². The molecular formula is C16H18F3N5OS. The smallest absolute Gasteiger partial charge is 0.337 e. The second kappa shape index (κ2) is 6.66. The number of aromatic nitrogens is 3. The first-order chi connectivity index (χ1) is 12.4. The molecule has 1 unspecified atom stereocenters. The first-order valence-corrected chi connectivity index (χ1v) is 9.40. The lowest BCUT2D eigenvalue weighted by Gasteiger charge is -2.31. The van der Waals surface area contributed by atoms with Crippen LogP contribution in [0.4, 0.5) is 13.2 Å². The zero-order valence-corrected chi connectivity index (χ0v) is 14.7. The molecule has 2 aromatic rings. The van der Waals surface area contributed by atoms with Gasteiger partial charge in [0.2, 0.25) is 0 Å². The van der Waals surface area contributed by atoms with Crippen molar-refractivity contribution in [2.75, 3.05) is 19.6 Å². The van der Waals surface area contributed by atoms with Crippen LogP contribution in [0.3, 0.4) is 0 Å². The van der Waals surface area contributed by atoms with Crippen LogP contribution in [0.2, 0.25) is 0 Å². The van der Waals surface area contributed by atoms with Gasteiger partial charge in [0.15, 0.2) is 11.4 Å². The third-order valence-corrected chi connectivity index (χ3v) is 5.89. The van der Waals surface area contributed by atoms with E-state index in [1.807, 2.05) is 0 Å². The van der Waals surface area contributed by atoms with E-state index in [9.17, 15) is 18.0 Å². The molecule has 1 fully saturated rings. The molecule has 2 aliphatic heterocycles. The minimum absolute atomic E-state index is 0.163. The largest absolute Gasteiger partial charge is 0.434 e.